The minimum absolute atomic E-state index is 0.637. The summed E-state index contributed by atoms with van der Waals surface area (Å²) in [7, 11) is 0. The molecule has 20 heavy (non-hydrogen) atoms. The lowest BCUT2D eigenvalue weighted by Gasteiger charge is -2.22. The molecule has 4 heteroatoms. The van der Waals surface area contributed by atoms with Crippen LogP contribution in [0, 0.1) is 11.8 Å². The fraction of sp³-hybridized carbons (Fsp3) is 0.438. The Balaban J connectivity index is 1.87. The van der Waals surface area contributed by atoms with Gasteiger partial charge in [0.05, 0.1) is 0 Å². The summed E-state index contributed by atoms with van der Waals surface area (Å²) in [5.41, 5.74) is 1.99. The van der Waals surface area contributed by atoms with Crippen LogP contribution in [0.3, 0.4) is 0 Å². The van der Waals surface area contributed by atoms with Crippen molar-refractivity contribution >= 4 is 29.3 Å². The van der Waals surface area contributed by atoms with E-state index in [1.54, 1.807) is 6.08 Å². The van der Waals surface area contributed by atoms with Crippen molar-refractivity contribution in [1.82, 2.24) is 0 Å². The van der Waals surface area contributed by atoms with Crippen LogP contribution in [0.25, 0.3) is 6.08 Å². The molecule has 106 valence electrons. The second kappa shape index (κ2) is 5.49. The molecule has 1 aliphatic carbocycles. The van der Waals surface area contributed by atoms with E-state index >= 15 is 0 Å². The molecule has 1 saturated carbocycles. The van der Waals surface area contributed by atoms with Gasteiger partial charge in [-0.05, 0) is 54.5 Å². The third-order valence-electron chi connectivity index (χ3n) is 4.46. The number of aliphatic carboxylic acids is 1. The van der Waals surface area contributed by atoms with Crippen molar-refractivity contribution in [3.8, 4) is 0 Å². The molecule has 2 atom stereocenters. The molecule has 3 nitrogen and oxygen atoms in total. The molecule has 1 aromatic carbocycles. The second-order valence-corrected chi connectivity index (χ2v) is 6.17. The highest BCUT2D eigenvalue weighted by Crippen LogP contribution is 2.40. The maximum absolute atomic E-state index is 10.7. The highest BCUT2D eigenvalue weighted by molar-refractivity contribution is 6.30. The van der Waals surface area contributed by atoms with Crippen LogP contribution in [0.15, 0.2) is 24.3 Å². The van der Waals surface area contributed by atoms with Crippen molar-refractivity contribution < 1.29 is 9.90 Å². The molecule has 1 N–H and O–H groups in total. The minimum atomic E-state index is -0.936. The van der Waals surface area contributed by atoms with Crippen molar-refractivity contribution in [2.75, 3.05) is 18.0 Å². The van der Waals surface area contributed by atoms with E-state index in [9.17, 15) is 4.79 Å². The Labute approximate surface area is 123 Å². The number of benzene rings is 1. The zero-order valence-electron chi connectivity index (χ0n) is 11.3. The molecule has 1 saturated heterocycles. The van der Waals surface area contributed by atoms with E-state index in [1.165, 1.54) is 25.3 Å². The fourth-order valence-electron chi connectivity index (χ4n) is 3.54. The first-order valence-corrected chi connectivity index (χ1v) is 7.47. The highest BCUT2D eigenvalue weighted by Gasteiger charge is 2.36. The molecule has 2 aliphatic rings. The van der Waals surface area contributed by atoms with Gasteiger partial charge in [0.2, 0.25) is 0 Å². The van der Waals surface area contributed by atoms with Crippen LogP contribution >= 0.6 is 11.6 Å². The molecular weight excluding hydrogens is 274 g/mol. The van der Waals surface area contributed by atoms with E-state index < -0.39 is 5.97 Å². The normalized spacial score (nSPS) is 25.4. The fourth-order valence-corrected chi connectivity index (χ4v) is 3.72. The quantitative estimate of drug-likeness (QED) is 0.864. The van der Waals surface area contributed by atoms with E-state index in [1.807, 2.05) is 18.2 Å². The zero-order valence-corrected chi connectivity index (χ0v) is 12.0. The summed E-state index contributed by atoms with van der Waals surface area (Å²) in [5.74, 6) is 0.679. The van der Waals surface area contributed by atoms with Crippen molar-refractivity contribution in [1.29, 1.82) is 0 Å². The molecule has 2 fully saturated rings. The Hall–Kier alpha value is -1.48. The van der Waals surface area contributed by atoms with Gasteiger partial charge in [-0.1, -0.05) is 18.0 Å². The standard InChI is InChI=1S/C16H18ClNO2/c17-14-5-6-15(11(8-14)4-7-16(19)20)18-9-12-2-1-3-13(12)10-18/h4-8,12-13H,1-3,9-10H2,(H,19,20)/b7-4+. The van der Waals surface area contributed by atoms with Crippen LogP contribution in [0.4, 0.5) is 5.69 Å². The summed E-state index contributed by atoms with van der Waals surface area (Å²) < 4.78 is 0. The minimum Gasteiger partial charge on any atom is -0.478 e. The monoisotopic (exact) mass is 291 g/mol. The molecule has 0 spiro atoms. The van der Waals surface area contributed by atoms with Gasteiger partial charge in [0.1, 0.15) is 0 Å². The molecule has 0 amide bonds. The van der Waals surface area contributed by atoms with Crippen LogP contribution in [-0.2, 0) is 4.79 Å². The van der Waals surface area contributed by atoms with Crippen molar-refractivity contribution in [2.24, 2.45) is 11.8 Å². The lowest BCUT2D eigenvalue weighted by Crippen LogP contribution is -2.21. The topological polar surface area (TPSA) is 40.5 Å². The van der Waals surface area contributed by atoms with E-state index in [-0.39, 0.29) is 0 Å². The average Bonchev–Trinajstić information content (AvgIpc) is 2.97. The van der Waals surface area contributed by atoms with E-state index in [0.29, 0.717) is 5.02 Å². The van der Waals surface area contributed by atoms with Crippen molar-refractivity contribution in [3.63, 3.8) is 0 Å². The number of nitrogens with zero attached hydrogens (tertiary/aromatic N) is 1. The van der Waals surface area contributed by atoms with E-state index in [0.717, 1.165) is 36.2 Å². The molecule has 1 aliphatic heterocycles. The van der Waals surface area contributed by atoms with Crippen LogP contribution < -0.4 is 4.90 Å². The molecule has 3 rings (SSSR count). The third kappa shape index (κ3) is 2.68. The molecular formula is C16H18ClNO2. The first-order chi connectivity index (χ1) is 9.63. The van der Waals surface area contributed by atoms with Gasteiger partial charge < -0.3 is 10.0 Å². The summed E-state index contributed by atoms with van der Waals surface area (Å²) >= 11 is 6.03. The summed E-state index contributed by atoms with van der Waals surface area (Å²) in [6.07, 6.45) is 6.82. The van der Waals surface area contributed by atoms with Gasteiger partial charge in [0, 0.05) is 29.9 Å². The predicted octanol–water partition coefficient (Wildman–Crippen LogP) is 3.67. The first kappa shape index (κ1) is 13.5. The summed E-state index contributed by atoms with van der Waals surface area (Å²) in [6.45, 7) is 2.17. The number of halogens is 1. The Morgan fingerprint density at radius 2 is 2.00 bits per heavy atom. The number of carboxylic acids is 1. The van der Waals surface area contributed by atoms with Gasteiger partial charge in [-0.2, -0.15) is 0 Å². The maximum atomic E-state index is 10.7. The molecule has 0 bridgehead atoms. The molecule has 2 unspecified atom stereocenters. The van der Waals surface area contributed by atoms with Gasteiger partial charge in [-0.3, -0.25) is 0 Å². The van der Waals surface area contributed by atoms with E-state index in [2.05, 4.69) is 4.90 Å². The Morgan fingerprint density at radius 3 is 2.65 bits per heavy atom. The van der Waals surface area contributed by atoms with Crippen molar-refractivity contribution in [2.45, 2.75) is 19.3 Å². The largest absolute Gasteiger partial charge is 0.478 e. The molecule has 1 aromatic rings. The summed E-state index contributed by atoms with van der Waals surface area (Å²) in [4.78, 5) is 13.1. The summed E-state index contributed by atoms with van der Waals surface area (Å²) in [6, 6.07) is 5.72. The molecule has 0 radical (unpaired) electrons. The number of anilines is 1. The number of carbonyl (C=O) groups is 1. The number of rotatable bonds is 3. The number of carboxylic acid groups (broad SMARTS) is 1. The number of fused-ring (bicyclic) bond motifs is 1. The average molecular weight is 292 g/mol. The van der Waals surface area contributed by atoms with Crippen LogP contribution in [-0.4, -0.2) is 24.2 Å². The van der Waals surface area contributed by atoms with Gasteiger partial charge >= 0.3 is 5.97 Å². The Kier molecular flexibility index (Phi) is 3.70. The van der Waals surface area contributed by atoms with Crippen LogP contribution in [0.5, 0.6) is 0 Å². The number of hydrogen-bond donors (Lipinski definition) is 1. The Morgan fingerprint density at radius 1 is 1.30 bits per heavy atom. The Bertz CT molecular complexity index is 543. The molecule has 0 aromatic heterocycles. The zero-order chi connectivity index (χ0) is 14.1. The van der Waals surface area contributed by atoms with E-state index in [4.69, 9.17) is 16.7 Å². The van der Waals surface area contributed by atoms with Crippen LogP contribution in [0.2, 0.25) is 5.02 Å². The number of hydrogen-bond acceptors (Lipinski definition) is 2. The molecule has 1 heterocycles. The highest BCUT2D eigenvalue weighted by atomic mass is 35.5. The smallest absolute Gasteiger partial charge is 0.328 e. The third-order valence-corrected chi connectivity index (χ3v) is 4.70. The van der Waals surface area contributed by atoms with Gasteiger partial charge in [0.15, 0.2) is 0 Å². The van der Waals surface area contributed by atoms with Gasteiger partial charge in [0.25, 0.3) is 0 Å². The second-order valence-electron chi connectivity index (χ2n) is 5.73. The SMILES string of the molecule is O=C(O)/C=C/c1cc(Cl)ccc1N1CC2CCCC2C1. The summed E-state index contributed by atoms with van der Waals surface area (Å²) in [5, 5.41) is 9.44. The van der Waals surface area contributed by atoms with Gasteiger partial charge in [-0.15, -0.1) is 0 Å². The lowest BCUT2D eigenvalue weighted by molar-refractivity contribution is -0.131. The first-order valence-electron chi connectivity index (χ1n) is 7.09. The van der Waals surface area contributed by atoms with Crippen molar-refractivity contribution in [3.05, 3.63) is 34.9 Å². The van der Waals surface area contributed by atoms with Crippen LogP contribution in [0.1, 0.15) is 24.8 Å². The van der Waals surface area contributed by atoms with Gasteiger partial charge in [-0.25, -0.2) is 4.79 Å². The predicted molar refractivity (Wildman–Crippen MR) is 81.2 cm³/mol. The lowest BCUT2D eigenvalue weighted by atomic mass is 10.0. The maximum Gasteiger partial charge on any atom is 0.328 e.